The summed E-state index contributed by atoms with van der Waals surface area (Å²) in [5.74, 6) is 0.780. The molecule has 0 atom stereocenters. The van der Waals surface area contributed by atoms with E-state index in [-0.39, 0.29) is 12.5 Å². The van der Waals surface area contributed by atoms with Crippen LogP contribution < -0.4 is 15.0 Å². The highest BCUT2D eigenvalue weighted by molar-refractivity contribution is 7.20. The van der Waals surface area contributed by atoms with Crippen molar-refractivity contribution in [3.05, 3.63) is 46.9 Å². The third-order valence-electron chi connectivity index (χ3n) is 6.22. The van der Waals surface area contributed by atoms with E-state index < -0.39 is 0 Å². The number of fused-ring (bicyclic) bond motifs is 2. The van der Waals surface area contributed by atoms with Gasteiger partial charge in [-0.15, -0.1) is 11.3 Å². The summed E-state index contributed by atoms with van der Waals surface area (Å²) in [6, 6.07) is 6.11. The normalized spacial score (nSPS) is 14.0. The topological polar surface area (TPSA) is 89.5 Å². The Hall–Kier alpha value is -3.30. The number of hydrogen-bond acceptors (Lipinski definition) is 8. The van der Waals surface area contributed by atoms with Crippen LogP contribution in [-0.4, -0.2) is 48.2 Å². The number of piperidine rings is 1. The summed E-state index contributed by atoms with van der Waals surface area (Å²) in [5, 5.41) is 5.89. The molecule has 9 heteroatoms. The Labute approximate surface area is 201 Å². The van der Waals surface area contributed by atoms with Gasteiger partial charge in [-0.2, -0.15) is 4.98 Å². The van der Waals surface area contributed by atoms with E-state index in [0.29, 0.717) is 21.4 Å². The second kappa shape index (κ2) is 9.52. The van der Waals surface area contributed by atoms with E-state index in [2.05, 4.69) is 31.2 Å². The predicted molar refractivity (Wildman–Crippen MR) is 135 cm³/mol. The van der Waals surface area contributed by atoms with Crippen molar-refractivity contribution in [2.45, 2.75) is 32.8 Å². The van der Waals surface area contributed by atoms with Gasteiger partial charge in [0.05, 0.1) is 23.1 Å². The standard InChI is InChI=1S/C25H27N5O3S/c1-15-21-24(33-3)28-20(14-32-2)29-25(21)34-22(15)23(31)27-18-7-8-19(30-11-5-4-6-12-30)16-9-10-26-13-17(16)18/h7-10,13H,4-6,11-12,14H2,1-3H3,(H,27,31). The molecule has 0 unspecified atom stereocenters. The number of anilines is 2. The predicted octanol–water partition coefficient (Wildman–Crippen LogP) is 4.95. The number of thiophene rings is 1. The third-order valence-corrected chi connectivity index (χ3v) is 7.40. The van der Waals surface area contributed by atoms with Crippen molar-refractivity contribution in [1.29, 1.82) is 0 Å². The number of aromatic nitrogens is 3. The van der Waals surface area contributed by atoms with Gasteiger partial charge in [-0.05, 0) is 49.9 Å². The number of carbonyl (C=O) groups excluding carboxylic acids is 1. The molecule has 0 aliphatic carbocycles. The van der Waals surface area contributed by atoms with Gasteiger partial charge >= 0.3 is 0 Å². The van der Waals surface area contributed by atoms with Gasteiger partial charge in [-0.3, -0.25) is 9.78 Å². The van der Waals surface area contributed by atoms with Gasteiger partial charge in [0.25, 0.3) is 5.91 Å². The molecule has 4 aromatic rings. The molecule has 8 nitrogen and oxygen atoms in total. The minimum Gasteiger partial charge on any atom is -0.480 e. The molecule has 0 saturated carbocycles. The Morgan fingerprint density at radius 3 is 2.71 bits per heavy atom. The first-order valence-electron chi connectivity index (χ1n) is 11.4. The SMILES string of the molecule is COCc1nc(OC)c2c(C)c(C(=O)Nc3ccc(N4CCCCC4)c4ccncc34)sc2n1. The smallest absolute Gasteiger partial charge is 0.266 e. The molecule has 176 valence electrons. The molecule has 1 aliphatic rings. The van der Waals surface area contributed by atoms with Gasteiger partial charge in [0.2, 0.25) is 5.88 Å². The first-order chi connectivity index (χ1) is 16.6. The summed E-state index contributed by atoms with van der Waals surface area (Å²) in [4.78, 5) is 30.4. The molecular weight excluding hydrogens is 450 g/mol. The monoisotopic (exact) mass is 477 g/mol. The van der Waals surface area contributed by atoms with Gasteiger partial charge in [0.15, 0.2) is 5.82 Å². The maximum atomic E-state index is 13.4. The zero-order chi connectivity index (χ0) is 23.7. The highest BCUT2D eigenvalue weighted by Crippen LogP contribution is 2.37. The van der Waals surface area contributed by atoms with Crippen LogP contribution in [0.15, 0.2) is 30.6 Å². The lowest BCUT2D eigenvalue weighted by Gasteiger charge is -2.30. The molecular formula is C25H27N5O3S. The van der Waals surface area contributed by atoms with Gasteiger partial charge < -0.3 is 19.7 Å². The van der Waals surface area contributed by atoms with Crippen LogP contribution in [-0.2, 0) is 11.3 Å². The van der Waals surface area contributed by atoms with Crippen LogP contribution in [0.2, 0.25) is 0 Å². The number of nitrogens with one attached hydrogen (secondary N) is 1. The van der Waals surface area contributed by atoms with Crippen LogP contribution >= 0.6 is 11.3 Å². The van der Waals surface area contributed by atoms with Crippen molar-refractivity contribution in [2.75, 3.05) is 37.5 Å². The van der Waals surface area contributed by atoms with E-state index in [4.69, 9.17) is 9.47 Å². The van der Waals surface area contributed by atoms with Gasteiger partial charge in [-0.25, -0.2) is 4.98 Å². The van der Waals surface area contributed by atoms with E-state index in [1.54, 1.807) is 20.4 Å². The maximum absolute atomic E-state index is 13.4. The van der Waals surface area contributed by atoms with Crippen LogP contribution in [0.5, 0.6) is 5.88 Å². The molecule has 3 aromatic heterocycles. The van der Waals surface area contributed by atoms with Crippen molar-refractivity contribution < 1.29 is 14.3 Å². The Morgan fingerprint density at radius 2 is 1.94 bits per heavy atom. The quantitative estimate of drug-likeness (QED) is 0.420. The summed E-state index contributed by atoms with van der Waals surface area (Å²) < 4.78 is 10.7. The lowest BCUT2D eigenvalue weighted by molar-refractivity contribution is 0.103. The van der Waals surface area contributed by atoms with Crippen LogP contribution in [0, 0.1) is 6.92 Å². The largest absolute Gasteiger partial charge is 0.480 e. The number of ether oxygens (including phenoxy) is 2. The number of benzene rings is 1. The molecule has 1 aliphatic heterocycles. The van der Waals surface area contributed by atoms with Crippen LogP contribution in [0.3, 0.4) is 0 Å². The molecule has 0 bridgehead atoms. The van der Waals surface area contributed by atoms with Crippen LogP contribution in [0.25, 0.3) is 21.0 Å². The van der Waals surface area contributed by atoms with E-state index in [1.165, 1.54) is 36.3 Å². The number of hydrogen-bond donors (Lipinski definition) is 1. The second-order valence-electron chi connectivity index (χ2n) is 8.37. The van der Waals surface area contributed by atoms with Crippen molar-refractivity contribution in [2.24, 2.45) is 0 Å². The maximum Gasteiger partial charge on any atom is 0.266 e. The fraction of sp³-hybridized carbons (Fsp3) is 0.360. The first-order valence-corrected chi connectivity index (χ1v) is 12.2. The molecule has 4 heterocycles. The molecule has 1 fully saturated rings. The van der Waals surface area contributed by atoms with E-state index >= 15 is 0 Å². The number of pyridine rings is 1. The highest BCUT2D eigenvalue weighted by Gasteiger charge is 2.22. The summed E-state index contributed by atoms with van der Waals surface area (Å²) in [6.45, 7) is 4.28. The van der Waals surface area contributed by atoms with E-state index in [9.17, 15) is 4.79 Å². The fourth-order valence-corrected chi connectivity index (χ4v) is 5.66. The highest BCUT2D eigenvalue weighted by atomic mass is 32.1. The van der Waals surface area contributed by atoms with Crippen molar-refractivity contribution in [3.63, 3.8) is 0 Å². The molecule has 0 radical (unpaired) electrons. The molecule has 5 rings (SSSR count). The summed E-state index contributed by atoms with van der Waals surface area (Å²) in [5.41, 5.74) is 2.73. The summed E-state index contributed by atoms with van der Waals surface area (Å²) in [6.07, 6.45) is 7.31. The molecule has 34 heavy (non-hydrogen) atoms. The molecule has 1 N–H and O–H groups in total. The van der Waals surface area contributed by atoms with Crippen molar-refractivity contribution in [1.82, 2.24) is 15.0 Å². The minimum atomic E-state index is -0.188. The fourth-order valence-electron chi connectivity index (χ4n) is 4.58. The lowest BCUT2D eigenvalue weighted by atomic mass is 10.0. The van der Waals surface area contributed by atoms with E-state index in [1.807, 2.05) is 25.3 Å². The molecule has 1 amide bonds. The van der Waals surface area contributed by atoms with Gasteiger partial charge in [-0.1, -0.05) is 0 Å². The van der Waals surface area contributed by atoms with E-state index in [0.717, 1.165) is 40.5 Å². The number of amides is 1. The third kappa shape index (κ3) is 4.05. The first kappa shape index (κ1) is 22.5. The van der Waals surface area contributed by atoms with Crippen LogP contribution in [0.1, 0.15) is 40.3 Å². The average molecular weight is 478 g/mol. The Morgan fingerprint density at radius 1 is 1.12 bits per heavy atom. The number of methoxy groups -OCH3 is 2. The number of rotatable bonds is 6. The Balaban J connectivity index is 1.51. The summed E-state index contributed by atoms with van der Waals surface area (Å²) >= 11 is 1.33. The number of nitrogens with zero attached hydrogens (tertiary/aromatic N) is 4. The van der Waals surface area contributed by atoms with Crippen molar-refractivity contribution >= 4 is 49.6 Å². The van der Waals surface area contributed by atoms with Gasteiger partial charge in [0.1, 0.15) is 11.4 Å². The minimum absolute atomic E-state index is 0.188. The Kier molecular flexibility index (Phi) is 6.30. The summed E-state index contributed by atoms with van der Waals surface area (Å²) in [7, 11) is 3.16. The average Bonchev–Trinajstić information content (AvgIpc) is 3.21. The van der Waals surface area contributed by atoms with Crippen molar-refractivity contribution in [3.8, 4) is 5.88 Å². The molecule has 1 aromatic carbocycles. The number of carbonyl (C=O) groups is 1. The zero-order valence-electron chi connectivity index (χ0n) is 19.6. The second-order valence-corrected chi connectivity index (χ2v) is 9.37. The molecule has 1 saturated heterocycles. The molecule has 0 spiro atoms. The zero-order valence-corrected chi connectivity index (χ0v) is 20.4. The van der Waals surface area contributed by atoms with Gasteiger partial charge in [0, 0.05) is 49.1 Å². The van der Waals surface area contributed by atoms with Crippen LogP contribution in [0.4, 0.5) is 11.4 Å². The number of aryl methyl sites for hydroxylation is 1. The lowest BCUT2D eigenvalue weighted by Crippen LogP contribution is -2.29. The Bertz CT molecular complexity index is 1360.